The standard InChI is InChI=1S/C13H13FN2O2/c1-2-18-12-4-10(6-16-8-12)13(17)9-3-11(14)7-15-5-9/h3-8,13,17H,2H2,1H3. The summed E-state index contributed by atoms with van der Waals surface area (Å²) in [5, 5.41) is 10.1. The fraction of sp³-hybridized carbons (Fsp3) is 0.231. The quantitative estimate of drug-likeness (QED) is 0.900. The average Bonchev–Trinajstić information content (AvgIpc) is 2.39. The average molecular weight is 248 g/mol. The molecule has 0 saturated carbocycles. The first-order valence-corrected chi connectivity index (χ1v) is 5.57. The maximum atomic E-state index is 13.0. The second-order valence-electron chi connectivity index (χ2n) is 3.73. The Balaban J connectivity index is 2.27. The Bertz CT molecular complexity index is 534. The van der Waals surface area contributed by atoms with E-state index in [4.69, 9.17) is 4.74 Å². The minimum absolute atomic E-state index is 0.380. The largest absolute Gasteiger partial charge is 0.492 e. The molecule has 0 spiro atoms. The van der Waals surface area contributed by atoms with Crippen molar-refractivity contribution in [1.29, 1.82) is 0 Å². The van der Waals surface area contributed by atoms with Crippen LogP contribution in [0.5, 0.6) is 5.75 Å². The van der Waals surface area contributed by atoms with Crippen LogP contribution < -0.4 is 4.74 Å². The molecule has 0 radical (unpaired) electrons. The van der Waals surface area contributed by atoms with Crippen molar-refractivity contribution < 1.29 is 14.2 Å². The fourth-order valence-electron chi connectivity index (χ4n) is 1.60. The van der Waals surface area contributed by atoms with Crippen LogP contribution in [-0.2, 0) is 0 Å². The van der Waals surface area contributed by atoms with Crippen molar-refractivity contribution in [1.82, 2.24) is 9.97 Å². The molecule has 2 heterocycles. The minimum atomic E-state index is -0.971. The summed E-state index contributed by atoms with van der Waals surface area (Å²) in [5.41, 5.74) is 0.916. The van der Waals surface area contributed by atoms with Crippen LogP contribution in [0, 0.1) is 5.82 Å². The second-order valence-corrected chi connectivity index (χ2v) is 3.73. The highest BCUT2D eigenvalue weighted by molar-refractivity contribution is 5.31. The molecular weight excluding hydrogens is 235 g/mol. The molecule has 2 rings (SSSR count). The molecule has 1 atom stereocenters. The lowest BCUT2D eigenvalue weighted by atomic mass is 10.1. The first-order chi connectivity index (χ1) is 8.70. The van der Waals surface area contributed by atoms with Gasteiger partial charge in [-0.15, -0.1) is 0 Å². The normalized spacial score (nSPS) is 12.2. The van der Waals surface area contributed by atoms with Crippen LogP contribution in [0.25, 0.3) is 0 Å². The number of halogens is 1. The highest BCUT2D eigenvalue weighted by Crippen LogP contribution is 2.23. The number of pyridine rings is 2. The molecule has 2 aromatic rings. The van der Waals surface area contributed by atoms with Crippen LogP contribution in [0.3, 0.4) is 0 Å². The lowest BCUT2D eigenvalue weighted by Gasteiger charge is -2.12. The van der Waals surface area contributed by atoms with Gasteiger partial charge in [0.25, 0.3) is 0 Å². The van der Waals surface area contributed by atoms with E-state index in [0.717, 1.165) is 6.20 Å². The highest BCUT2D eigenvalue weighted by Gasteiger charge is 2.13. The van der Waals surface area contributed by atoms with Gasteiger partial charge in [-0.1, -0.05) is 0 Å². The molecule has 0 saturated heterocycles. The second kappa shape index (κ2) is 5.55. The zero-order chi connectivity index (χ0) is 13.0. The van der Waals surface area contributed by atoms with Crippen molar-refractivity contribution in [2.75, 3.05) is 6.61 Å². The molecule has 0 aliphatic carbocycles. The van der Waals surface area contributed by atoms with Crippen molar-refractivity contribution in [3.63, 3.8) is 0 Å². The molecule has 0 aliphatic rings. The number of rotatable bonds is 4. The van der Waals surface area contributed by atoms with E-state index in [9.17, 15) is 9.50 Å². The first-order valence-electron chi connectivity index (χ1n) is 5.57. The van der Waals surface area contributed by atoms with E-state index < -0.39 is 11.9 Å². The smallest absolute Gasteiger partial charge is 0.141 e. The first kappa shape index (κ1) is 12.4. The Kier molecular flexibility index (Phi) is 3.84. The Morgan fingerprint density at radius 3 is 2.50 bits per heavy atom. The topological polar surface area (TPSA) is 55.2 Å². The van der Waals surface area contributed by atoms with E-state index in [1.54, 1.807) is 12.3 Å². The summed E-state index contributed by atoms with van der Waals surface area (Å²) in [6.45, 7) is 2.38. The number of ether oxygens (including phenoxy) is 1. The Morgan fingerprint density at radius 2 is 1.83 bits per heavy atom. The van der Waals surface area contributed by atoms with Gasteiger partial charge in [-0.3, -0.25) is 9.97 Å². The Labute approximate surface area is 104 Å². The molecule has 2 aromatic heterocycles. The summed E-state index contributed by atoms with van der Waals surface area (Å²) in [6.07, 6.45) is 4.61. The highest BCUT2D eigenvalue weighted by atomic mass is 19.1. The molecule has 18 heavy (non-hydrogen) atoms. The number of hydrogen-bond donors (Lipinski definition) is 1. The van der Waals surface area contributed by atoms with Gasteiger partial charge in [-0.25, -0.2) is 4.39 Å². The van der Waals surface area contributed by atoms with Gasteiger partial charge in [-0.2, -0.15) is 0 Å². The van der Waals surface area contributed by atoms with Crippen LogP contribution in [0.15, 0.2) is 36.9 Å². The van der Waals surface area contributed by atoms with Gasteiger partial charge in [0.15, 0.2) is 0 Å². The summed E-state index contributed by atoms with van der Waals surface area (Å²) >= 11 is 0. The molecule has 1 unspecified atom stereocenters. The van der Waals surface area contributed by atoms with Crippen molar-refractivity contribution in [3.8, 4) is 5.75 Å². The monoisotopic (exact) mass is 248 g/mol. The van der Waals surface area contributed by atoms with Gasteiger partial charge in [0, 0.05) is 23.5 Å². The van der Waals surface area contributed by atoms with E-state index in [1.165, 1.54) is 18.5 Å². The van der Waals surface area contributed by atoms with Gasteiger partial charge in [0.2, 0.25) is 0 Å². The molecule has 0 bridgehead atoms. The summed E-state index contributed by atoms with van der Waals surface area (Å²) < 4.78 is 18.3. The molecule has 94 valence electrons. The molecule has 0 amide bonds. The molecule has 0 fully saturated rings. The van der Waals surface area contributed by atoms with E-state index in [2.05, 4.69) is 9.97 Å². The molecule has 1 N–H and O–H groups in total. The van der Waals surface area contributed by atoms with Gasteiger partial charge in [0.1, 0.15) is 17.7 Å². The summed E-state index contributed by atoms with van der Waals surface area (Å²) in [6, 6.07) is 2.91. The molecule has 4 nitrogen and oxygen atoms in total. The predicted molar refractivity (Wildman–Crippen MR) is 63.7 cm³/mol. The zero-order valence-corrected chi connectivity index (χ0v) is 9.88. The van der Waals surface area contributed by atoms with Crippen LogP contribution in [0.4, 0.5) is 4.39 Å². The van der Waals surface area contributed by atoms with Crippen LogP contribution in [-0.4, -0.2) is 21.7 Å². The molecule has 5 heteroatoms. The van der Waals surface area contributed by atoms with Crippen LogP contribution in [0.2, 0.25) is 0 Å². The summed E-state index contributed by atoms with van der Waals surface area (Å²) in [4.78, 5) is 7.68. The predicted octanol–water partition coefficient (Wildman–Crippen LogP) is 2.10. The number of aliphatic hydroxyl groups is 1. The SMILES string of the molecule is CCOc1cncc(C(O)c2cncc(F)c2)c1. The Morgan fingerprint density at radius 1 is 1.17 bits per heavy atom. The van der Waals surface area contributed by atoms with Crippen molar-refractivity contribution in [2.24, 2.45) is 0 Å². The number of aliphatic hydroxyl groups excluding tert-OH is 1. The van der Waals surface area contributed by atoms with Gasteiger partial charge in [-0.05, 0) is 19.1 Å². The minimum Gasteiger partial charge on any atom is -0.492 e. The fourth-order valence-corrected chi connectivity index (χ4v) is 1.60. The van der Waals surface area contributed by atoms with Crippen molar-refractivity contribution in [2.45, 2.75) is 13.0 Å². The lowest BCUT2D eigenvalue weighted by Crippen LogP contribution is -2.02. The van der Waals surface area contributed by atoms with E-state index in [0.29, 0.717) is 23.5 Å². The summed E-state index contributed by atoms with van der Waals surface area (Å²) in [7, 11) is 0. The third-order valence-electron chi connectivity index (χ3n) is 2.40. The Hall–Kier alpha value is -2.01. The molecular formula is C13H13FN2O2. The maximum Gasteiger partial charge on any atom is 0.141 e. The third-order valence-corrected chi connectivity index (χ3v) is 2.40. The molecule has 0 aromatic carbocycles. The number of nitrogens with zero attached hydrogens (tertiary/aromatic N) is 2. The van der Waals surface area contributed by atoms with Crippen LogP contribution in [0.1, 0.15) is 24.2 Å². The zero-order valence-electron chi connectivity index (χ0n) is 9.88. The lowest BCUT2D eigenvalue weighted by molar-refractivity contribution is 0.218. The van der Waals surface area contributed by atoms with Crippen molar-refractivity contribution >= 4 is 0 Å². The van der Waals surface area contributed by atoms with Gasteiger partial charge < -0.3 is 9.84 Å². The van der Waals surface area contributed by atoms with Gasteiger partial charge >= 0.3 is 0 Å². The van der Waals surface area contributed by atoms with E-state index >= 15 is 0 Å². The van der Waals surface area contributed by atoms with E-state index in [1.807, 2.05) is 6.92 Å². The maximum absolute atomic E-state index is 13.0. The van der Waals surface area contributed by atoms with Crippen molar-refractivity contribution in [3.05, 3.63) is 53.9 Å². The summed E-state index contributed by atoms with van der Waals surface area (Å²) in [5.74, 6) is 0.0823. The van der Waals surface area contributed by atoms with Gasteiger partial charge in [0.05, 0.1) is 19.0 Å². The number of aromatic nitrogens is 2. The molecule has 0 aliphatic heterocycles. The van der Waals surface area contributed by atoms with Crippen LogP contribution >= 0.6 is 0 Å². The third kappa shape index (κ3) is 2.81. The van der Waals surface area contributed by atoms with E-state index in [-0.39, 0.29) is 0 Å². The number of hydrogen-bond acceptors (Lipinski definition) is 4.